The van der Waals surface area contributed by atoms with E-state index in [2.05, 4.69) is 13.2 Å². The third kappa shape index (κ3) is 91.5. The molecule has 4 nitrogen and oxygen atoms in total. The molecule has 0 aromatic carbocycles. The first-order valence-electron chi connectivity index (χ1n) is 2.27. The SMILES string of the molecule is C=[CH][Al][CH]=C.O=P(O)(O)O. The van der Waals surface area contributed by atoms with Gasteiger partial charge < -0.3 is 14.7 Å². The van der Waals surface area contributed by atoms with Crippen molar-refractivity contribution < 1.29 is 19.2 Å². The molecule has 1 radical (unpaired) electrons. The second-order valence-electron chi connectivity index (χ2n) is 1.18. The third-order valence-corrected chi connectivity index (χ3v) is 0.816. The molecule has 0 rings (SSSR count). The summed E-state index contributed by atoms with van der Waals surface area (Å²) in [5.74, 6) is 0. The molecule has 0 saturated heterocycles. The van der Waals surface area contributed by atoms with E-state index in [-0.39, 0.29) is 0 Å². The average molecular weight is 179 g/mol. The molecule has 0 unspecified atom stereocenters. The molecule has 3 N–H and O–H groups in total. The summed E-state index contributed by atoms with van der Waals surface area (Å²) in [5, 5.41) is 0. The highest BCUT2D eigenvalue weighted by Gasteiger charge is 2.00. The van der Waals surface area contributed by atoms with Gasteiger partial charge in [-0.1, -0.05) is 0 Å². The maximum absolute atomic E-state index is 8.88. The Hall–Kier alpha value is 0.122. The molecule has 57 valence electrons. The Bertz CT molecular complexity index is 126. The van der Waals surface area contributed by atoms with Crippen LogP contribution < -0.4 is 0 Å². The van der Waals surface area contributed by atoms with E-state index >= 15 is 0 Å². The van der Waals surface area contributed by atoms with Gasteiger partial charge in [0.1, 0.15) is 0 Å². The molecule has 10 heavy (non-hydrogen) atoms. The van der Waals surface area contributed by atoms with Crippen molar-refractivity contribution in [2.75, 3.05) is 0 Å². The second kappa shape index (κ2) is 7.23. The van der Waals surface area contributed by atoms with Crippen LogP contribution in [0.5, 0.6) is 0 Å². The van der Waals surface area contributed by atoms with Crippen LogP contribution in [0.1, 0.15) is 0 Å². The quantitative estimate of drug-likeness (QED) is 0.413. The van der Waals surface area contributed by atoms with Gasteiger partial charge in [0.2, 0.25) is 0 Å². The van der Waals surface area contributed by atoms with Crippen molar-refractivity contribution in [2.45, 2.75) is 0 Å². The molecule has 0 aliphatic carbocycles. The lowest BCUT2D eigenvalue weighted by atomic mass is 11.2. The minimum absolute atomic E-state index is 0.343. The summed E-state index contributed by atoms with van der Waals surface area (Å²) >= 11 is 0.343. The van der Waals surface area contributed by atoms with E-state index in [4.69, 9.17) is 19.2 Å². The highest BCUT2D eigenvalue weighted by atomic mass is 31.2. The zero-order valence-electron chi connectivity index (χ0n) is 5.34. The van der Waals surface area contributed by atoms with Gasteiger partial charge in [-0.25, -0.2) is 4.57 Å². The molecule has 0 heterocycles. The Kier molecular flexibility index (Phi) is 9.23. The van der Waals surface area contributed by atoms with Crippen molar-refractivity contribution in [3.63, 3.8) is 0 Å². The van der Waals surface area contributed by atoms with E-state index in [0.29, 0.717) is 15.2 Å². The van der Waals surface area contributed by atoms with Crippen molar-refractivity contribution in [2.24, 2.45) is 0 Å². The minimum Gasteiger partial charge on any atom is -0.303 e. The van der Waals surface area contributed by atoms with Crippen molar-refractivity contribution in [3.8, 4) is 0 Å². The van der Waals surface area contributed by atoms with Gasteiger partial charge in [0, 0.05) is 0 Å². The van der Waals surface area contributed by atoms with Crippen molar-refractivity contribution in [1.82, 2.24) is 0 Å². The smallest absolute Gasteiger partial charge is 0.303 e. The van der Waals surface area contributed by atoms with Crippen molar-refractivity contribution in [1.29, 1.82) is 0 Å². The standard InChI is InChI=1S/2C2H3.Al.H3O4P/c2*1-2;;1-5(2,3)4/h2*1H,2H2;;(H3,1,2,3,4). The highest BCUT2D eigenvalue weighted by molar-refractivity contribution is 7.45. The molecule has 6 heteroatoms. The number of hydrogen-bond donors (Lipinski definition) is 3. The fourth-order valence-electron chi connectivity index (χ4n) is 0.0962. The van der Waals surface area contributed by atoms with Crippen LogP contribution in [0.3, 0.4) is 0 Å². The van der Waals surface area contributed by atoms with Gasteiger partial charge in [0.15, 0.2) is 0 Å². The molecule has 0 spiro atoms. The largest absolute Gasteiger partial charge is 0.466 e. The fraction of sp³-hybridized carbons (Fsp3) is 0. The zero-order valence-corrected chi connectivity index (χ0v) is 7.39. The number of phosphoric acid groups is 1. The van der Waals surface area contributed by atoms with Crippen LogP contribution >= 0.6 is 7.82 Å². The van der Waals surface area contributed by atoms with E-state index in [1.54, 1.807) is 0 Å². The molecule has 0 atom stereocenters. The van der Waals surface area contributed by atoms with Crippen LogP contribution in [0.2, 0.25) is 0 Å². The molecule has 0 amide bonds. The first-order chi connectivity index (χ1) is 4.41. The van der Waals surface area contributed by atoms with Crippen LogP contribution in [0, 0.1) is 0 Å². The van der Waals surface area contributed by atoms with Crippen LogP contribution in [0.15, 0.2) is 23.0 Å². The lowest BCUT2D eigenvalue weighted by Crippen LogP contribution is -1.67. The summed E-state index contributed by atoms with van der Waals surface area (Å²) in [6.45, 7) is 7.03. The van der Waals surface area contributed by atoms with Crippen LogP contribution in [0.25, 0.3) is 0 Å². The van der Waals surface area contributed by atoms with Crippen LogP contribution in [0.4, 0.5) is 0 Å². The topological polar surface area (TPSA) is 77.8 Å². The monoisotopic (exact) mass is 179 g/mol. The number of hydrogen-bond acceptors (Lipinski definition) is 1. The lowest BCUT2D eigenvalue weighted by Gasteiger charge is -1.82. The molecule has 0 aromatic heterocycles. The zero-order chi connectivity index (χ0) is 8.62. The van der Waals surface area contributed by atoms with Crippen LogP contribution in [-0.2, 0) is 4.57 Å². The van der Waals surface area contributed by atoms with Crippen molar-refractivity contribution in [3.05, 3.63) is 23.0 Å². The summed E-state index contributed by atoms with van der Waals surface area (Å²) in [7, 11) is -4.64. The van der Waals surface area contributed by atoms with Crippen LogP contribution in [-0.4, -0.2) is 29.9 Å². The summed E-state index contributed by atoms with van der Waals surface area (Å²) in [5.41, 5.74) is 0. The Morgan fingerprint density at radius 1 is 1.20 bits per heavy atom. The summed E-state index contributed by atoms with van der Waals surface area (Å²) < 4.78 is 8.88. The van der Waals surface area contributed by atoms with E-state index in [0.717, 1.165) is 0 Å². The molecule has 0 bridgehead atoms. The van der Waals surface area contributed by atoms with Gasteiger partial charge in [-0.05, 0) is 0 Å². The maximum atomic E-state index is 8.88. The van der Waals surface area contributed by atoms with E-state index in [1.165, 1.54) is 0 Å². The Balaban J connectivity index is 0. The predicted octanol–water partition coefficient (Wildman–Crippen LogP) is 0.0490. The normalized spacial score (nSPS) is 8.70. The molecular formula is C4H9AlO4P. The van der Waals surface area contributed by atoms with Gasteiger partial charge in [-0.3, -0.25) is 0 Å². The number of rotatable bonds is 2. The van der Waals surface area contributed by atoms with E-state index in [9.17, 15) is 0 Å². The average Bonchev–Trinajstić information content (AvgIpc) is 1.63. The predicted molar refractivity (Wildman–Crippen MR) is 40.4 cm³/mol. The Labute approximate surface area is 65.8 Å². The summed E-state index contributed by atoms with van der Waals surface area (Å²) in [6.07, 6.45) is 0. The maximum Gasteiger partial charge on any atom is 0.466 e. The van der Waals surface area contributed by atoms with Gasteiger partial charge in [-0.15, -0.1) is 13.2 Å². The van der Waals surface area contributed by atoms with Gasteiger partial charge in [-0.2, -0.15) is 9.88 Å². The van der Waals surface area contributed by atoms with Gasteiger partial charge in [0.05, 0.1) is 0 Å². The first kappa shape index (κ1) is 12.8. The Morgan fingerprint density at radius 2 is 1.40 bits per heavy atom. The highest BCUT2D eigenvalue weighted by Crippen LogP contribution is 2.25. The molecule has 0 fully saturated rings. The molecular weight excluding hydrogens is 170 g/mol. The summed E-state index contributed by atoms with van der Waals surface area (Å²) in [6, 6.07) is 0. The molecule has 0 aliphatic heterocycles. The van der Waals surface area contributed by atoms with E-state index in [1.807, 2.05) is 9.88 Å². The second-order valence-corrected chi connectivity index (χ2v) is 3.53. The van der Waals surface area contributed by atoms with Gasteiger partial charge >= 0.3 is 7.82 Å². The molecule has 0 aromatic rings. The first-order valence-corrected chi connectivity index (χ1v) is 5.16. The Morgan fingerprint density at radius 3 is 1.40 bits per heavy atom. The van der Waals surface area contributed by atoms with E-state index < -0.39 is 7.82 Å². The fourth-order valence-corrected chi connectivity index (χ4v) is 0.289. The van der Waals surface area contributed by atoms with Crippen molar-refractivity contribution >= 4 is 23.0 Å². The summed E-state index contributed by atoms with van der Waals surface area (Å²) in [4.78, 5) is 25.4. The van der Waals surface area contributed by atoms with Gasteiger partial charge in [0.25, 0.3) is 15.2 Å². The minimum atomic E-state index is -4.64. The molecule has 0 saturated carbocycles. The lowest BCUT2D eigenvalue weighted by molar-refractivity contribution is 0.275. The molecule has 0 aliphatic rings. The third-order valence-electron chi connectivity index (χ3n) is 0.272.